The molecule has 0 bridgehead atoms. The van der Waals surface area contributed by atoms with Gasteiger partial charge in [-0.05, 0) is 61.2 Å². The number of Topliss-reactive ketones (excluding diaryl/α,β-unsaturated/α-hetero) is 1. The van der Waals surface area contributed by atoms with Crippen LogP contribution in [0, 0.1) is 0 Å². The number of carbonyl (C=O) groups is 2. The molecule has 2 fully saturated rings. The highest BCUT2D eigenvalue weighted by Crippen LogP contribution is 2.43. The number of methoxy groups -OCH3 is 1. The fraction of sp³-hybridized carbons (Fsp3) is 0.448. The van der Waals surface area contributed by atoms with Crippen LogP contribution in [0.4, 0.5) is 0 Å². The molecule has 1 amide bonds. The topological polar surface area (TPSA) is 76.1 Å². The average Bonchev–Trinajstić information content (AvgIpc) is 3.17. The van der Waals surface area contributed by atoms with E-state index in [0.717, 1.165) is 56.9 Å². The number of rotatable bonds is 9. The van der Waals surface area contributed by atoms with Crippen molar-refractivity contribution < 1.29 is 24.2 Å². The Morgan fingerprint density at radius 3 is 2.23 bits per heavy atom. The van der Waals surface area contributed by atoms with Crippen molar-refractivity contribution in [3.05, 3.63) is 65.2 Å². The number of aliphatic hydroxyl groups is 1. The monoisotopic (exact) mass is 477 g/mol. The van der Waals surface area contributed by atoms with Crippen molar-refractivity contribution in [3.8, 4) is 11.5 Å². The van der Waals surface area contributed by atoms with Crippen molar-refractivity contribution in [1.82, 2.24) is 4.90 Å². The first-order valence-corrected chi connectivity index (χ1v) is 12.7. The molecule has 0 spiro atoms. The fourth-order valence-corrected chi connectivity index (χ4v) is 5.11. The van der Waals surface area contributed by atoms with Gasteiger partial charge in [0.1, 0.15) is 17.3 Å². The quantitative estimate of drug-likeness (QED) is 0.207. The number of hydrogen-bond donors (Lipinski definition) is 1. The van der Waals surface area contributed by atoms with Gasteiger partial charge in [-0.15, -0.1) is 0 Å². The van der Waals surface area contributed by atoms with Gasteiger partial charge in [0.15, 0.2) is 0 Å². The van der Waals surface area contributed by atoms with Gasteiger partial charge in [-0.2, -0.15) is 0 Å². The van der Waals surface area contributed by atoms with Crippen molar-refractivity contribution in [3.63, 3.8) is 0 Å². The van der Waals surface area contributed by atoms with Crippen molar-refractivity contribution in [2.45, 2.75) is 70.4 Å². The van der Waals surface area contributed by atoms with E-state index in [9.17, 15) is 14.7 Å². The van der Waals surface area contributed by atoms with Crippen molar-refractivity contribution >= 4 is 17.4 Å². The number of unbranched alkanes of at least 4 members (excludes halogenated alkanes) is 2. The number of hydrogen-bond acceptors (Lipinski definition) is 5. The molecule has 186 valence electrons. The Bertz CT molecular complexity index is 1050. The van der Waals surface area contributed by atoms with Crippen molar-refractivity contribution in [2.24, 2.45) is 0 Å². The normalized spacial score (nSPS) is 20.3. The van der Waals surface area contributed by atoms with E-state index < -0.39 is 17.7 Å². The molecule has 1 atom stereocenters. The maximum Gasteiger partial charge on any atom is 0.295 e. The molecule has 1 saturated heterocycles. The largest absolute Gasteiger partial charge is 0.507 e. The van der Waals surface area contributed by atoms with Crippen molar-refractivity contribution in [1.29, 1.82) is 0 Å². The van der Waals surface area contributed by atoms with Gasteiger partial charge < -0.3 is 19.5 Å². The number of carbonyl (C=O) groups excluding carboxylic acids is 2. The highest BCUT2D eigenvalue weighted by molar-refractivity contribution is 6.46. The molecule has 1 saturated carbocycles. The molecule has 1 N–H and O–H groups in total. The number of benzene rings is 2. The van der Waals surface area contributed by atoms with E-state index in [1.807, 2.05) is 24.3 Å². The molecule has 6 heteroatoms. The maximum atomic E-state index is 13.3. The lowest BCUT2D eigenvalue weighted by molar-refractivity contribution is -0.141. The Kier molecular flexibility index (Phi) is 8.11. The van der Waals surface area contributed by atoms with Crippen LogP contribution in [0.5, 0.6) is 11.5 Å². The van der Waals surface area contributed by atoms with Gasteiger partial charge in [-0.3, -0.25) is 9.59 Å². The summed E-state index contributed by atoms with van der Waals surface area (Å²) in [6, 6.07) is 13.8. The van der Waals surface area contributed by atoms with Crippen LogP contribution in [0.3, 0.4) is 0 Å². The lowest BCUT2D eigenvalue weighted by Gasteiger charge is -2.35. The van der Waals surface area contributed by atoms with E-state index in [2.05, 4.69) is 6.92 Å². The van der Waals surface area contributed by atoms with Gasteiger partial charge in [0, 0.05) is 11.6 Å². The van der Waals surface area contributed by atoms with E-state index in [4.69, 9.17) is 9.47 Å². The summed E-state index contributed by atoms with van der Waals surface area (Å²) in [6.07, 6.45) is 8.17. The summed E-state index contributed by atoms with van der Waals surface area (Å²) >= 11 is 0. The van der Waals surface area contributed by atoms with Gasteiger partial charge in [0.25, 0.3) is 11.7 Å². The highest BCUT2D eigenvalue weighted by atomic mass is 16.5. The van der Waals surface area contributed by atoms with Crippen LogP contribution >= 0.6 is 0 Å². The van der Waals surface area contributed by atoms with Crippen LogP contribution in [0.1, 0.15) is 75.5 Å². The Hall–Kier alpha value is -3.28. The minimum absolute atomic E-state index is 0.0171. The first kappa shape index (κ1) is 24.8. The van der Waals surface area contributed by atoms with E-state index in [-0.39, 0.29) is 17.4 Å². The molecule has 2 aromatic rings. The zero-order valence-electron chi connectivity index (χ0n) is 20.7. The second kappa shape index (κ2) is 11.4. The summed E-state index contributed by atoms with van der Waals surface area (Å²) in [5, 5.41) is 11.3. The zero-order chi connectivity index (χ0) is 24.8. The number of ether oxygens (including phenoxy) is 2. The number of likely N-dealkylation sites (tertiary alicyclic amines) is 1. The number of nitrogens with zero attached hydrogens (tertiary/aromatic N) is 1. The smallest absolute Gasteiger partial charge is 0.295 e. The summed E-state index contributed by atoms with van der Waals surface area (Å²) in [7, 11) is 1.60. The van der Waals surface area contributed by atoms with Crippen LogP contribution in [0.15, 0.2) is 54.1 Å². The van der Waals surface area contributed by atoms with Gasteiger partial charge >= 0.3 is 0 Å². The highest BCUT2D eigenvalue weighted by Gasteiger charge is 2.48. The SMILES string of the molecule is CCCCCOc1ccc(/C(O)=C2/C(=O)C(=O)N(C3CCCCC3)C2c2ccc(OC)cc2)cc1. The van der Waals surface area contributed by atoms with Gasteiger partial charge in [0.2, 0.25) is 0 Å². The Morgan fingerprint density at radius 2 is 1.60 bits per heavy atom. The average molecular weight is 478 g/mol. The van der Waals surface area contributed by atoms with Crippen LogP contribution in [0.25, 0.3) is 5.76 Å². The first-order valence-electron chi connectivity index (χ1n) is 12.7. The maximum absolute atomic E-state index is 13.3. The first-order chi connectivity index (χ1) is 17.0. The number of aliphatic hydroxyl groups excluding tert-OH is 1. The summed E-state index contributed by atoms with van der Waals surface area (Å²) < 4.78 is 11.1. The third kappa shape index (κ3) is 5.37. The Labute approximate surface area is 207 Å². The summed E-state index contributed by atoms with van der Waals surface area (Å²) in [5.41, 5.74) is 1.42. The molecule has 0 aromatic heterocycles. The zero-order valence-corrected chi connectivity index (χ0v) is 20.7. The van der Waals surface area contributed by atoms with Gasteiger partial charge in [-0.25, -0.2) is 0 Å². The van der Waals surface area contributed by atoms with Crippen LogP contribution in [0.2, 0.25) is 0 Å². The molecule has 1 aliphatic carbocycles. The third-order valence-electron chi connectivity index (χ3n) is 7.02. The van der Waals surface area contributed by atoms with E-state index in [1.54, 1.807) is 36.3 Å². The number of amides is 1. The molecule has 1 unspecified atom stereocenters. The molecule has 1 heterocycles. The second-order valence-electron chi connectivity index (χ2n) is 9.35. The summed E-state index contributed by atoms with van der Waals surface area (Å²) in [6.45, 7) is 2.79. The lowest BCUT2D eigenvalue weighted by atomic mass is 9.91. The standard InChI is InChI=1S/C29H35NO5/c1-3-4-8-19-35-24-17-13-21(14-18-24)27(31)25-26(20-11-15-23(34-2)16-12-20)30(29(33)28(25)32)22-9-6-5-7-10-22/h11-18,22,26,31H,3-10,19H2,1-2H3/b27-25-. The minimum Gasteiger partial charge on any atom is -0.507 e. The summed E-state index contributed by atoms with van der Waals surface area (Å²) in [4.78, 5) is 28.3. The number of ketones is 1. The molecular formula is C29H35NO5. The third-order valence-corrected chi connectivity index (χ3v) is 7.02. The van der Waals surface area contributed by atoms with E-state index >= 15 is 0 Å². The van der Waals surface area contributed by atoms with E-state index in [0.29, 0.717) is 23.7 Å². The van der Waals surface area contributed by atoms with Crippen LogP contribution in [-0.2, 0) is 9.59 Å². The molecule has 0 radical (unpaired) electrons. The molecular weight excluding hydrogens is 442 g/mol. The fourth-order valence-electron chi connectivity index (χ4n) is 5.11. The molecule has 6 nitrogen and oxygen atoms in total. The predicted molar refractivity (Wildman–Crippen MR) is 135 cm³/mol. The van der Waals surface area contributed by atoms with Crippen LogP contribution in [-0.4, -0.2) is 41.5 Å². The summed E-state index contributed by atoms with van der Waals surface area (Å²) in [5.74, 6) is 0.0915. The van der Waals surface area contributed by atoms with Gasteiger partial charge in [-0.1, -0.05) is 51.2 Å². The molecule has 1 aliphatic heterocycles. The van der Waals surface area contributed by atoms with Crippen LogP contribution < -0.4 is 9.47 Å². The molecule has 4 rings (SSSR count). The molecule has 2 aliphatic rings. The Balaban J connectivity index is 1.69. The minimum atomic E-state index is -0.631. The second-order valence-corrected chi connectivity index (χ2v) is 9.35. The van der Waals surface area contributed by atoms with E-state index in [1.165, 1.54) is 0 Å². The molecule has 35 heavy (non-hydrogen) atoms. The predicted octanol–water partition coefficient (Wildman–Crippen LogP) is 6.02. The van der Waals surface area contributed by atoms with Crippen molar-refractivity contribution in [2.75, 3.05) is 13.7 Å². The lowest BCUT2D eigenvalue weighted by Crippen LogP contribution is -2.40. The Morgan fingerprint density at radius 1 is 0.943 bits per heavy atom. The van der Waals surface area contributed by atoms with Gasteiger partial charge in [0.05, 0.1) is 25.3 Å². The molecule has 2 aromatic carbocycles.